The molecule has 7 nitrogen and oxygen atoms in total. The molecular weight excluding hydrogens is 196 g/mol. The molecule has 0 unspecified atom stereocenters. The molecule has 0 saturated carbocycles. The third-order valence-electron chi connectivity index (χ3n) is 1.74. The maximum Gasteiger partial charge on any atom is 0.335 e. The van der Waals surface area contributed by atoms with Gasteiger partial charge in [0.05, 0.1) is 6.61 Å². The SMILES string of the molecule is CO[C@@H](C(=O)O)[C@@H](O)[C@H](O)[C@H](O)CO. The van der Waals surface area contributed by atoms with E-state index in [1.807, 2.05) is 0 Å². The molecule has 84 valence electrons. The summed E-state index contributed by atoms with van der Waals surface area (Å²) in [6, 6.07) is 0. The van der Waals surface area contributed by atoms with Crippen LogP contribution in [0.15, 0.2) is 0 Å². The minimum Gasteiger partial charge on any atom is -0.479 e. The Hall–Kier alpha value is -0.730. The zero-order valence-corrected chi connectivity index (χ0v) is 7.57. The zero-order chi connectivity index (χ0) is 11.3. The quantitative estimate of drug-likeness (QED) is 0.319. The Balaban J connectivity index is 4.41. The number of hydrogen-bond acceptors (Lipinski definition) is 6. The molecule has 0 fully saturated rings. The molecule has 0 aromatic rings. The standard InChI is InChI=1S/C7H14O7/c1-14-6(7(12)13)5(11)4(10)3(9)2-8/h3-6,8-11H,2H2,1H3,(H,12,13)/t3-,4-,5+,6-/m1/s1. The van der Waals surface area contributed by atoms with Crippen molar-refractivity contribution in [1.82, 2.24) is 0 Å². The van der Waals surface area contributed by atoms with E-state index in [9.17, 15) is 9.90 Å². The molecular formula is C7H14O7. The molecule has 0 spiro atoms. The summed E-state index contributed by atoms with van der Waals surface area (Å²) in [5, 5.41) is 44.2. The van der Waals surface area contributed by atoms with Crippen molar-refractivity contribution in [2.45, 2.75) is 24.4 Å². The largest absolute Gasteiger partial charge is 0.479 e. The van der Waals surface area contributed by atoms with Gasteiger partial charge in [0.2, 0.25) is 0 Å². The second-order valence-electron chi connectivity index (χ2n) is 2.73. The lowest BCUT2D eigenvalue weighted by Gasteiger charge is -2.25. The number of aliphatic hydroxyl groups excluding tert-OH is 4. The van der Waals surface area contributed by atoms with Gasteiger partial charge in [-0.3, -0.25) is 0 Å². The summed E-state index contributed by atoms with van der Waals surface area (Å²) in [7, 11) is 1.04. The number of carbonyl (C=O) groups is 1. The highest BCUT2D eigenvalue weighted by molar-refractivity contribution is 5.73. The maximum absolute atomic E-state index is 10.4. The average Bonchev–Trinajstić information content (AvgIpc) is 2.15. The van der Waals surface area contributed by atoms with Crippen LogP contribution in [-0.4, -0.2) is 69.6 Å². The highest BCUT2D eigenvalue weighted by Gasteiger charge is 2.35. The first kappa shape index (κ1) is 13.3. The van der Waals surface area contributed by atoms with Crippen LogP contribution in [0.5, 0.6) is 0 Å². The first-order chi connectivity index (χ1) is 6.45. The van der Waals surface area contributed by atoms with Crippen LogP contribution in [0.3, 0.4) is 0 Å². The third-order valence-corrected chi connectivity index (χ3v) is 1.74. The summed E-state index contributed by atoms with van der Waals surface area (Å²) < 4.78 is 4.39. The maximum atomic E-state index is 10.4. The van der Waals surface area contributed by atoms with Gasteiger partial charge in [-0.15, -0.1) is 0 Å². The first-order valence-corrected chi connectivity index (χ1v) is 3.86. The summed E-state index contributed by atoms with van der Waals surface area (Å²) in [6.07, 6.45) is -6.84. The van der Waals surface area contributed by atoms with Gasteiger partial charge in [-0.2, -0.15) is 0 Å². The van der Waals surface area contributed by atoms with Gasteiger partial charge in [0.1, 0.15) is 18.3 Å². The number of hydrogen-bond donors (Lipinski definition) is 5. The van der Waals surface area contributed by atoms with E-state index in [1.165, 1.54) is 0 Å². The molecule has 0 amide bonds. The van der Waals surface area contributed by atoms with Crippen molar-refractivity contribution in [3.8, 4) is 0 Å². The van der Waals surface area contributed by atoms with E-state index in [0.29, 0.717) is 0 Å². The number of ether oxygens (including phenoxy) is 1. The summed E-state index contributed by atoms with van der Waals surface area (Å²) in [5.41, 5.74) is 0. The number of carboxylic acids is 1. The van der Waals surface area contributed by atoms with E-state index in [2.05, 4.69) is 4.74 Å². The van der Waals surface area contributed by atoms with Crippen molar-refractivity contribution < 1.29 is 35.1 Å². The number of methoxy groups -OCH3 is 1. The highest BCUT2D eigenvalue weighted by atomic mass is 16.5. The fraction of sp³-hybridized carbons (Fsp3) is 0.857. The van der Waals surface area contributed by atoms with Crippen LogP contribution >= 0.6 is 0 Å². The topological polar surface area (TPSA) is 127 Å². The lowest BCUT2D eigenvalue weighted by atomic mass is 10.0. The molecule has 0 aromatic carbocycles. The van der Waals surface area contributed by atoms with E-state index in [1.54, 1.807) is 0 Å². The van der Waals surface area contributed by atoms with Crippen molar-refractivity contribution >= 4 is 5.97 Å². The fourth-order valence-electron chi connectivity index (χ4n) is 0.901. The first-order valence-electron chi connectivity index (χ1n) is 3.86. The predicted molar refractivity (Wildman–Crippen MR) is 43.5 cm³/mol. The van der Waals surface area contributed by atoms with Crippen LogP contribution in [0.2, 0.25) is 0 Å². The van der Waals surface area contributed by atoms with Crippen LogP contribution in [0.25, 0.3) is 0 Å². The number of aliphatic carboxylic acids is 1. The van der Waals surface area contributed by atoms with Gasteiger partial charge in [-0.05, 0) is 0 Å². The molecule has 0 bridgehead atoms. The van der Waals surface area contributed by atoms with Gasteiger partial charge in [0, 0.05) is 7.11 Å². The Morgan fingerprint density at radius 3 is 2.07 bits per heavy atom. The summed E-state index contributed by atoms with van der Waals surface area (Å²) in [4.78, 5) is 10.4. The molecule has 0 aromatic heterocycles. The molecule has 7 heteroatoms. The van der Waals surface area contributed by atoms with E-state index < -0.39 is 37.0 Å². The molecule has 0 radical (unpaired) electrons. The van der Waals surface area contributed by atoms with Crippen LogP contribution in [0.1, 0.15) is 0 Å². The molecule has 0 aliphatic heterocycles. The van der Waals surface area contributed by atoms with Crippen LogP contribution in [-0.2, 0) is 9.53 Å². The third kappa shape index (κ3) is 3.20. The number of carboxylic acid groups (broad SMARTS) is 1. The van der Waals surface area contributed by atoms with Crippen molar-refractivity contribution in [1.29, 1.82) is 0 Å². The Morgan fingerprint density at radius 1 is 1.29 bits per heavy atom. The van der Waals surface area contributed by atoms with Gasteiger partial charge < -0.3 is 30.3 Å². The lowest BCUT2D eigenvalue weighted by Crippen LogP contribution is -2.49. The van der Waals surface area contributed by atoms with Crippen molar-refractivity contribution in [2.24, 2.45) is 0 Å². The molecule has 5 N–H and O–H groups in total. The number of rotatable bonds is 6. The van der Waals surface area contributed by atoms with E-state index in [-0.39, 0.29) is 0 Å². The summed E-state index contributed by atoms with van der Waals surface area (Å²) >= 11 is 0. The monoisotopic (exact) mass is 210 g/mol. The van der Waals surface area contributed by atoms with Crippen molar-refractivity contribution in [2.75, 3.05) is 13.7 Å². The molecule has 4 atom stereocenters. The van der Waals surface area contributed by atoms with Crippen LogP contribution < -0.4 is 0 Å². The Morgan fingerprint density at radius 2 is 1.79 bits per heavy atom. The molecule has 0 saturated heterocycles. The molecule has 0 heterocycles. The van der Waals surface area contributed by atoms with Gasteiger partial charge in [-0.25, -0.2) is 4.79 Å². The second-order valence-corrected chi connectivity index (χ2v) is 2.73. The van der Waals surface area contributed by atoms with E-state index in [4.69, 9.17) is 20.4 Å². The molecule has 0 rings (SSSR count). The van der Waals surface area contributed by atoms with Gasteiger partial charge in [0.25, 0.3) is 0 Å². The minimum atomic E-state index is -1.81. The van der Waals surface area contributed by atoms with Crippen molar-refractivity contribution in [3.05, 3.63) is 0 Å². The van der Waals surface area contributed by atoms with Gasteiger partial charge in [0.15, 0.2) is 6.10 Å². The highest BCUT2D eigenvalue weighted by Crippen LogP contribution is 2.07. The van der Waals surface area contributed by atoms with Gasteiger partial charge >= 0.3 is 5.97 Å². The van der Waals surface area contributed by atoms with Crippen LogP contribution in [0, 0.1) is 0 Å². The Labute approximate surface area is 80.2 Å². The Kier molecular flexibility index (Phi) is 5.58. The van der Waals surface area contributed by atoms with Gasteiger partial charge in [-0.1, -0.05) is 0 Å². The summed E-state index contributed by atoms with van der Waals surface area (Å²) in [6.45, 7) is -0.783. The van der Waals surface area contributed by atoms with Crippen LogP contribution in [0.4, 0.5) is 0 Å². The van der Waals surface area contributed by atoms with Crippen molar-refractivity contribution in [3.63, 3.8) is 0 Å². The van der Waals surface area contributed by atoms with E-state index >= 15 is 0 Å². The zero-order valence-electron chi connectivity index (χ0n) is 7.57. The second kappa shape index (κ2) is 5.89. The lowest BCUT2D eigenvalue weighted by molar-refractivity contribution is -0.168. The normalized spacial score (nSPS) is 19.8. The summed E-state index contributed by atoms with van der Waals surface area (Å²) in [5.74, 6) is -1.47. The molecule has 0 aliphatic carbocycles. The number of aliphatic hydroxyl groups is 4. The smallest absolute Gasteiger partial charge is 0.335 e. The van der Waals surface area contributed by atoms with E-state index in [0.717, 1.165) is 7.11 Å². The average molecular weight is 210 g/mol. The fourth-order valence-corrected chi connectivity index (χ4v) is 0.901. The molecule has 14 heavy (non-hydrogen) atoms. The Bertz CT molecular complexity index is 183. The minimum absolute atomic E-state index is 0.783. The molecule has 0 aliphatic rings. The predicted octanol–water partition coefficient (Wildman–Crippen LogP) is -2.84.